The Morgan fingerprint density at radius 2 is 2.05 bits per heavy atom. The Bertz CT molecular complexity index is 572. The summed E-state index contributed by atoms with van der Waals surface area (Å²) in [6.07, 6.45) is 7.02. The van der Waals surface area contributed by atoms with Gasteiger partial charge in [0.05, 0.1) is 16.1 Å². The molecule has 2 nitrogen and oxygen atoms in total. The molecular formula is C18H23Cl2NO. The van der Waals surface area contributed by atoms with E-state index in [1.165, 1.54) is 32.2 Å². The van der Waals surface area contributed by atoms with Gasteiger partial charge in [0, 0.05) is 24.5 Å². The van der Waals surface area contributed by atoms with Gasteiger partial charge in [-0.05, 0) is 55.7 Å². The third kappa shape index (κ3) is 2.39. The molecule has 3 atom stereocenters. The number of hydrogen-bond acceptors (Lipinski definition) is 2. The number of hydrogen-bond donors (Lipinski definition) is 1. The lowest BCUT2D eigenvalue weighted by Crippen LogP contribution is -2.52. The van der Waals surface area contributed by atoms with Crippen LogP contribution in [0, 0.1) is 5.92 Å². The number of aliphatic hydroxyl groups is 1. The lowest BCUT2D eigenvalue weighted by atomic mass is 9.61. The Morgan fingerprint density at radius 3 is 2.59 bits per heavy atom. The molecule has 2 saturated carbocycles. The maximum atomic E-state index is 11.0. The van der Waals surface area contributed by atoms with Crippen LogP contribution in [0.1, 0.15) is 44.1 Å². The minimum absolute atomic E-state index is 0.115. The van der Waals surface area contributed by atoms with Gasteiger partial charge in [-0.1, -0.05) is 35.7 Å². The molecule has 4 rings (SSSR count). The fraction of sp³-hybridized carbons (Fsp3) is 0.667. The first kappa shape index (κ1) is 15.3. The highest BCUT2D eigenvalue weighted by atomic mass is 35.5. The molecular weight excluding hydrogens is 317 g/mol. The Hall–Kier alpha value is -0.280. The summed E-state index contributed by atoms with van der Waals surface area (Å²) < 4.78 is 0. The Morgan fingerprint density at radius 1 is 1.23 bits per heavy atom. The predicted octanol–water partition coefficient (Wildman–Crippen LogP) is 4.26. The van der Waals surface area contributed by atoms with Crippen molar-refractivity contribution in [1.82, 2.24) is 4.90 Å². The van der Waals surface area contributed by atoms with Crippen molar-refractivity contribution in [2.45, 2.75) is 56.1 Å². The van der Waals surface area contributed by atoms with Crippen molar-refractivity contribution < 1.29 is 5.11 Å². The molecule has 2 aliphatic carbocycles. The molecule has 22 heavy (non-hydrogen) atoms. The van der Waals surface area contributed by atoms with Gasteiger partial charge in [-0.3, -0.25) is 4.90 Å². The van der Waals surface area contributed by atoms with E-state index in [1.807, 2.05) is 18.2 Å². The summed E-state index contributed by atoms with van der Waals surface area (Å²) in [5.74, 6) is 0.875. The van der Waals surface area contributed by atoms with Gasteiger partial charge in [-0.25, -0.2) is 0 Å². The van der Waals surface area contributed by atoms with E-state index in [2.05, 4.69) is 4.90 Å². The zero-order valence-electron chi connectivity index (χ0n) is 12.8. The van der Waals surface area contributed by atoms with E-state index in [4.69, 9.17) is 23.2 Å². The van der Waals surface area contributed by atoms with Crippen molar-refractivity contribution in [2.24, 2.45) is 5.92 Å². The molecule has 0 radical (unpaired) electrons. The van der Waals surface area contributed by atoms with Gasteiger partial charge in [0.1, 0.15) is 0 Å². The van der Waals surface area contributed by atoms with Gasteiger partial charge in [-0.15, -0.1) is 0 Å². The van der Waals surface area contributed by atoms with E-state index in [1.54, 1.807) is 0 Å². The van der Waals surface area contributed by atoms with Gasteiger partial charge in [0.25, 0.3) is 0 Å². The summed E-state index contributed by atoms with van der Waals surface area (Å²) in [5.41, 5.74) is 1.04. The second-order valence-corrected chi connectivity index (χ2v) is 8.26. The quantitative estimate of drug-likeness (QED) is 0.885. The molecule has 3 unspecified atom stereocenters. The van der Waals surface area contributed by atoms with Gasteiger partial charge in [0.15, 0.2) is 0 Å². The number of halogens is 2. The van der Waals surface area contributed by atoms with Crippen molar-refractivity contribution >= 4 is 23.2 Å². The zero-order chi connectivity index (χ0) is 15.3. The molecule has 1 aromatic rings. The molecule has 0 amide bonds. The van der Waals surface area contributed by atoms with Crippen LogP contribution in [0.5, 0.6) is 0 Å². The van der Waals surface area contributed by atoms with Crippen LogP contribution in [0.2, 0.25) is 10.0 Å². The van der Waals surface area contributed by atoms with Crippen LogP contribution < -0.4 is 0 Å². The average molecular weight is 340 g/mol. The number of fused-ring (bicyclic) bond motifs is 2. The molecule has 0 aromatic heterocycles. The van der Waals surface area contributed by atoms with Crippen LogP contribution in [0.4, 0.5) is 0 Å². The van der Waals surface area contributed by atoms with Crippen molar-refractivity contribution in [3.05, 3.63) is 33.8 Å². The standard InChI is InChI=1S/C18H23Cl2NO/c19-15-5-3-13(9-16(15)20)18(6-1-7-18)17(22)11-21-10-12-2-4-14(21)8-12/h3,5,9,12,14,17,22H,1-2,4,6-8,10-11H2. The number of rotatable bonds is 4. The number of β-amino-alcohol motifs (C(OH)–C–C–N with tert-alkyl or cyclic N) is 1. The van der Waals surface area contributed by atoms with Crippen molar-refractivity contribution in [3.8, 4) is 0 Å². The Kier molecular flexibility index (Phi) is 3.93. The highest BCUT2D eigenvalue weighted by Crippen LogP contribution is 2.48. The van der Waals surface area contributed by atoms with Crippen LogP contribution >= 0.6 is 23.2 Å². The number of piperidine rings is 1. The molecule has 0 spiro atoms. The van der Waals surface area contributed by atoms with E-state index >= 15 is 0 Å². The molecule has 3 fully saturated rings. The third-order valence-corrected chi connectivity index (χ3v) is 7.05. The lowest BCUT2D eigenvalue weighted by molar-refractivity contribution is -0.00398. The highest BCUT2D eigenvalue weighted by molar-refractivity contribution is 6.42. The molecule has 1 aliphatic heterocycles. The van der Waals surface area contributed by atoms with Crippen molar-refractivity contribution in [2.75, 3.05) is 13.1 Å². The molecule has 2 bridgehead atoms. The molecule has 3 aliphatic rings. The summed E-state index contributed by atoms with van der Waals surface area (Å²) in [6, 6.07) is 6.59. The van der Waals surface area contributed by atoms with Gasteiger partial charge >= 0.3 is 0 Å². The van der Waals surface area contributed by atoms with Crippen LogP contribution in [0.15, 0.2) is 18.2 Å². The second-order valence-electron chi connectivity index (χ2n) is 7.44. The van der Waals surface area contributed by atoms with Crippen molar-refractivity contribution in [1.29, 1.82) is 0 Å². The molecule has 1 N–H and O–H groups in total. The average Bonchev–Trinajstić information content (AvgIpc) is 3.04. The minimum atomic E-state index is -0.308. The first-order valence-electron chi connectivity index (χ1n) is 8.46. The SMILES string of the molecule is OC(CN1CC2CCC1C2)C1(c2ccc(Cl)c(Cl)c2)CCC1. The number of nitrogens with zero attached hydrogens (tertiary/aromatic N) is 1. The number of aliphatic hydroxyl groups excluding tert-OH is 1. The molecule has 4 heteroatoms. The molecule has 1 aromatic carbocycles. The second kappa shape index (κ2) is 5.66. The van der Waals surface area contributed by atoms with Crippen molar-refractivity contribution in [3.63, 3.8) is 0 Å². The van der Waals surface area contributed by atoms with Crippen LogP contribution in [-0.4, -0.2) is 35.2 Å². The van der Waals surface area contributed by atoms with E-state index in [9.17, 15) is 5.11 Å². The molecule has 1 heterocycles. The van der Waals surface area contributed by atoms with Gasteiger partial charge in [0.2, 0.25) is 0 Å². The van der Waals surface area contributed by atoms with E-state index < -0.39 is 0 Å². The summed E-state index contributed by atoms with van der Waals surface area (Å²) in [7, 11) is 0. The van der Waals surface area contributed by atoms with Crippen LogP contribution in [0.25, 0.3) is 0 Å². The van der Waals surface area contributed by atoms with Gasteiger partial charge in [-0.2, -0.15) is 0 Å². The summed E-state index contributed by atoms with van der Waals surface area (Å²) in [4.78, 5) is 2.52. The summed E-state index contributed by atoms with van der Waals surface area (Å²) in [6.45, 7) is 1.99. The first-order valence-corrected chi connectivity index (χ1v) is 9.22. The maximum Gasteiger partial charge on any atom is 0.0763 e. The largest absolute Gasteiger partial charge is 0.391 e. The monoisotopic (exact) mass is 339 g/mol. The minimum Gasteiger partial charge on any atom is -0.391 e. The summed E-state index contributed by atoms with van der Waals surface area (Å²) in [5, 5.41) is 12.2. The van der Waals surface area contributed by atoms with E-state index in [-0.39, 0.29) is 11.5 Å². The highest BCUT2D eigenvalue weighted by Gasteiger charge is 2.47. The van der Waals surface area contributed by atoms with E-state index in [0.717, 1.165) is 30.9 Å². The third-order valence-electron chi connectivity index (χ3n) is 6.31. The molecule has 120 valence electrons. The zero-order valence-corrected chi connectivity index (χ0v) is 14.3. The topological polar surface area (TPSA) is 23.5 Å². The van der Waals surface area contributed by atoms with E-state index in [0.29, 0.717) is 16.1 Å². The number of benzene rings is 1. The first-order chi connectivity index (χ1) is 10.6. The Balaban J connectivity index is 1.53. The van der Waals surface area contributed by atoms with Gasteiger partial charge < -0.3 is 5.11 Å². The smallest absolute Gasteiger partial charge is 0.0763 e. The van der Waals surface area contributed by atoms with Crippen LogP contribution in [-0.2, 0) is 5.41 Å². The fourth-order valence-corrected chi connectivity index (χ4v) is 5.12. The number of likely N-dealkylation sites (tertiary alicyclic amines) is 1. The fourth-order valence-electron chi connectivity index (χ4n) is 4.83. The maximum absolute atomic E-state index is 11.0. The van der Waals surface area contributed by atoms with Crippen LogP contribution in [0.3, 0.4) is 0 Å². The lowest BCUT2D eigenvalue weighted by Gasteiger charge is -2.48. The Labute approximate surface area is 142 Å². The predicted molar refractivity (Wildman–Crippen MR) is 90.7 cm³/mol. The normalized spacial score (nSPS) is 31.2. The summed E-state index contributed by atoms with van der Waals surface area (Å²) >= 11 is 12.3. The molecule has 1 saturated heterocycles.